The third kappa shape index (κ3) is 3.06. The number of aromatic nitrogens is 4. The van der Waals surface area contributed by atoms with Gasteiger partial charge in [0.15, 0.2) is 0 Å². The molecule has 7 nitrogen and oxygen atoms in total. The molecule has 0 spiro atoms. The van der Waals surface area contributed by atoms with Gasteiger partial charge in [0.1, 0.15) is 5.54 Å². The monoisotopic (exact) mass is 284 g/mol. The number of hydrogen-bond acceptors (Lipinski definition) is 6. The minimum atomic E-state index is -0.662. The number of carbonyl (C=O) groups excluding carboxylic acids is 1. The Bertz CT molecular complexity index is 458. The first kappa shape index (κ1) is 14.3. The summed E-state index contributed by atoms with van der Waals surface area (Å²) in [6, 6.07) is 0.200. The van der Waals surface area contributed by atoms with Crippen molar-refractivity contribution in [3.8, 4) is 0 Å². The van der Waals surface area contributed by atoms with E-state index >= 15 is 0 Å². The number of amides is 1. The van der Waals surface area contributed by atoms with Crippen LogP contribution in [0.2, 0.25) is 0 Å². The SMILES string of the molecule is CC(C)NC(CSc1nnnn1C)(C(N)=O)C1CC1. The lowest BCUT2D eigenvalue weighted by Crippen LogP contribution is -2.61. The summed E-state index contributed by atoms with van der Waals surface area (Å²) >= 11 is 1.46. The molecule has 1 unspecified atom stereocenters. The predicted octanol–water partition coefficient (Wildman–Crippen LogP) is -0.0657. The molecular weight excluding hydrogens is 264 g/mol. The van der Waals surface area contributed by atoms with Gasteiger partial charge in [-0.15, -0.1) is 5.10 Å². The van der Waals surface area contributed by atoms with Gasteiger partial charge in [0.2, 0.25) is 11.1 Å². The third-order valence-corrected chi connectivity index (χ3v) is 4.47. The first-order valence-corrected chi connectivity index (χ1v) is 7.37. The third-order valence-electron chi connectivity index (χ3n) is 3.27. The molecular formula is C11H20N6OS. The fraction of sp³-hybridized carbons (Fsp3) is 0.818. The zero-order chi connectivity index (χ0) is 14.0. The molecule has 1 saturated carbocycles. The van der Waals surface area contributed by atoms with Crippen LogP contribution in [0.25, 0.3) is 0 Å². The van der Waals surface area contributed by atoms with Crippen LogP contribution >= 0.6 is 11.8 Å². The van der Waals surface area contributed by atoms with E-state index in [1.165, 1.54) is 11.8 Å². The number of hydrogen-bond donors (Lipinski definition) is 2. The molecule has 3 N–H and O–H groups in total. The van der Waals surface area contributed by atoms with Crippen LogP contribution < -0.4 is 11.1 Å². The lowest BCUT2D eigenvalue weighted by atomic mass is 9.93. The van der Waals surface area contributed by atoms with Crippen molar-refractivity contribution in [3.05, 3.63) is 0 Å². The minimum Gasteiger partial charge on any atom is -0.368 e. The van der Waals surface area contributed by atoms with Gasteiger partial charge >= 0.3 is 0 Å². The molecule has 0 aliphatic heterocycles. The van der Waals surface area contributed by atoms with Gasteiger partial charge in [-0.1, -0.05) is 11.8 Å². The maximum atomic E-state index is 12.0. The summed E-state index contributed by atoms with van der Waals surface area (Å²) < 4.78 is 1.60. The largest absolute Gasteiger partial charge is 0.368 e. The molecule has 1 aliphatic rings. The van der Waals surface area contributed by atoms with Gasteiger partial charge in [0.25, 0.3) is 0 Å². The second-order valence-corrected chi connectivity index (χ2v) is 6.23. The molecule has 1 atom stereocenters. The molecule has 1 aliphatic carbocycles. The van der Waals surface area contributed by atoms with Crippen molar-refractivity contribution < 1.29 is 4.79 Å². The lowest BCUT2D eigenvalue weighted by Gasteiger charge is -2.33. The first-order chi connectivity index (χ1) is 8.95. The zero-order valence-corrected chi connectivity index (χ0v) is 12.3. The summed E-state index contributed by atoms with van der Waals surface area (Å²) in [6.07, 6.45) is 2.08. The molecule has 1 aromatic rings. The Morgan fingerprint density at radius 2 is 2.32 bits per heavy atom. The van der Waals surface area contributed by atoms with Crippen molar-refractivity contribution in [1.82, 2.24) is 25.5 Å². The first-order valence-electron chi connectivity index (χ1n) is 6.38. The minimum absolute atomic E-state index is 0.200. The Kier molecular flexibility index (Phi) is 4.10. The molecule has 1 aromatic heterocycles. The highest BCUT2D eigenvalue weighted by Crippen LogP contribution is 2.42. The Hall–Kier alpha value is -1.15. The molecule has 8 heteroatoms. The molecule has 2 rings (SSSR count). The molecule has 1 amide bonds. The van der Waals surface area contributed by atoms with Gasteiger partial charge in [0, 0.05) is 18.8 Å². The fourth-order valence-corrected chi connectivity index (χ4v) is 3.37. The van der Waals surface area contributed by atoms with E-state index in [0.717, 1.165) is 12.8 Å². The molecule has 0 aromatic carbocycles. The number of nitrogens with one attached hydrogen (secondary N) is 1. The van der Waals surface area contributed by atoms with Crippen molar-refractivity contribution in [2.24, 2.45) is 18.7 Å². The van der Waals surface area contributed by atoms with E-state index in [0.29, 0.717) is 16.8 Å². The summed E-state index contributed by atoms with van der Waals surface area (Å²) in [6.45, 7) is 4.04. The number of thioether (sulfide) groups is 1. The molecule has 0 radical (unpaired) electrons. The van der Waals surface area contributed by atoms with Crippen molar-refractivity contribution >= 4 is 17.7 Å². The van der Waals surface area contributed by atoms with E-state index in [4.69, 9.17) is 5.73 Å². The topological polar surface area (TPSA) is 98.7 Å². The van der Waals surface area contributed by atoms with Crippen LogP contribution in [-0.4, -0.2) is 43.4 Å². The van der Waals surface area contributed by atoms with Crippen LogP contribution in [0.15, 0.2) is 5.16 Å². The second kappa shape index (κ2) is 5.46. The summed E-state index contributed by atoms with van der Waals surface area (Å²) in [5, 5.41) is 15.4. The van der Waals surface area contributed by atoms with Crippen molar-refractivity contribution in [1.29, 1.82) is 0 Å². The molecule has 106 valence electrons. The highest BCUT2D eigenvalue weighted by molar-refractivity contribution is 7.99. The number of tetrazole rings is 1. The maximum absolute atomic E-state index is 12.0. The van der Waals surface area contributed by atoms with Gasteiger partial charge in [0.05, 0.1) is 0 Å². The highest BCUT2D eigenvalue weighted by Gasteiger charge is 2.50. The van der Waals surface area contributed by atoms with Crippen LogP contribution in [0.4, 0.5) is 0 Å². The van der Waals surface area contributed by atoms with Crippen molar-refractivity contribution in [3.63, 3.8) is 0 Å². The van der Waals surface area contributed by atoms with Crippen LogP contribution in [0.3, 0.4) is 0 Å². The zero-order valence-electron chi connectivity index (χ0n) is 11.5. The number of nitrogens with two attached hydrogens (primary N) is 1. The Morgan fingerprint density at radius 3 is 2.74 bits per heavy atom. The van der Waals surface area contributed by atoms with Gasteiger partial charge < -0.3 is 11.1 Å². The van der Waals surface area contributed by atoms with E-state index < -0.39 is 5.54 Å². The normalized spacial score (nSPS) is 18.5. The van der Waals surface area contributed by atoms with E-state index in [2.05, 4.69) is 20.8 Å². The van der Waals surface area contributed by atoms with Crippen LogP contribution in [0, 0.1) is 5.92 Å². The quantitative estimate of drug-likeness (QED) is 0.680. The number of nitrogens with zero attached hydrogens (tertiary/aromatic N) is 4. The van der Waals surface area contributed by atoms with E-state index in [1.807, 2.05) is 13.8 Å². The van der Waals surface area contributed by atoms with Gasteiger partial charge in [-0.05, 0) is 43.0 Å². The van der Waals surface area contributed by atoms with Crippen LogP contribution in [0.5, 0.6) is 0 Å². The summed E-state index contributed by atoms with van der Waals surface area (Å²) in [5.74, 6) is 0.590. The average Bonchev–Trinajstić information content (AvgIpc) is 3.09. The van der Waals surface area contributed by atoms with Gasteiger partial charge in [-0.2, -0.15) is 0 Å². The van der Waals surface area contributed by atoms with E-state index in [9.17, 15) is 4.79 Å². The smallest absolute Gasteiger partial charge is 0.238 e. The standard InChI is InChI=1S/C11H20N6OS/c1-7(2)13-11(9(12)18,8-4-5-8)6-19-10-14-15-16-17(10)3/h7-8,13H,4-6H2,1-3H3,(H2,12,18). The molecule has 19 heavy (non-hydrogen) atoms. The van der Waals surface area contributed by atoms with Crippen molar-refractivity contribution in [2.45, 2.75) is 43.4 Å². The van der Waals surface area contributed by atoms with E-state index in [1.54, 1.807) is 11.7 Å². The summed E-state index contributed by atoms with van der Waals surface area (Å²) in [7, 11) is 1.78. The number of primary amides is 1. The fourth-order valence-electron chi connectivity index (χ4n) is 2.23. The number of aryl methyl sites for hydroxylation is 1. The number of rotatable bonds is 7. The Balaban J connectivity index is 2.13. The second-order valence-electron chi connectivity index (χ2n) is 5.28. The molecule has 0 bridgehead atoms. The van der Waals surface area contributed by atoms with Crippen molar-refractivity contribution in [2.75, 3.05) is 5.75 Å². The predicted molar refractivity (Wildman–Crippen MR) is 72.4 cm³/mol. The Morgan fingerprint density at radius 1 is 1.63 bits per heavy atom. The molecule has 1 fully saturated rings. The van der Waals surface area contributed by atoms with Gasteiger partial charge in [-0.25, -0.2) is 4.68 Å². The van der Waals surface area contributed by atoms with Crippen LogP contribution in [0.1, 0.15) is 26.7 Å². The number of carbonyl (C=O) groups is 1. The molecule has 0 saturated heterocycles. The highest BCUT2D eigenvalue weighted by atomic mass is 32.2. The van der Waals surface area contributed by atoms with Gasteiger partial charge in [-0.3, -0.25) is 4.79 Å². The molecule has 1 heterocycles. The maximum Gasteiger partial charge on any atom is 0.238 e. The summed E-state index contributed by atoms with van der Waals surface area (Å²) in [4.78, 5) is 12.0. The Labute approximate surface area is 116 Å². The average molecular weight is 284 g/mol. The van der Waals surface area contributed by atoms with Crippen LogP contribution in [-0.2, 0) is 11.8 Å². The summed E-state index contributed by atoms with van der Waals surface area (Å²) in [5.41, 5.74) is 5.00. The van der Waals surface area contributed by atoms with E-state index in [-0.39, 0.29) is 11.9 Å². The lowest BCUT2D eigenvalue weighted by molar-refractivity contribution is -0.124.